The number of rotatable bonds is 5. The van der Waals surface area contributed by atoms with Gasteiger partial charge in [-0.2, -0.15) is 0 Å². The number of aryl methyl sites for hydroxylation is 1. The molecule has 1 aromatic heterocycles. The molecular weight excluding hydrogens is 321 g/mol. The van der Waals surface area contributed by atoms with Crippen molar-refractivity contribution in [3.63, 3.8) is 0 Å². The molecule has 5 nitrogen and oxygen atoms in total. The van der Waals surface area contributed by atoms with Crippen molar-refractivity contribution in [2.24, 2.45) is 0 Å². The summed E-state index contributed by atoms with van der Waals surface area (Å²) in [6.45, 7) is 2.86. The number of nitrogens with zero attached hydrogens (tertiary/aromatic N) is 2. The Balaban J connectivity index is 1.68. The highest BCUT2D eigenvalue weighted by Crippen LogP contribution is 2.19. The monoisotopic (exact) mass is 339 g/mol. The fraction of sp³-hybridized carbons (Fsp3) is 0.158. The molecule has 3 aromatic rings. The normalized spacial score (nSPS) is 10.6. The summed E-state index contributed by atoms with van der Waals surface area (Å²) in [7, 11) is 0. The molecule has 128 valence electrons. The van der Waals surface area contributed by atoms with E-state index in [4.69, 9.17) is 0 Å². The van der Waals surface area contributed by atoms with Gasteiger partial charge in [-0.15, -0.1) is 0 Å². The van der Waals surface area contributed by atoms with Crippen molar-refractivity contribution in [3.8, 4) is 5.75 Å². The molecule has 25 heavy (non-hydrogen) atoms. The highest BCUT2D eigenvalue weighted by atomic mass is 19.1. The number of hydrogen-bond donors (Lipinski definition) is 2. The highest BCUT2D eigenvalue weighted by molar-refractivity contribution is 5.97. The summed E-state index contributed by atoms with van der Waals surface area (Å²) in [5, 5.41) is 12.3. The third-order valence-corrected chi connectivity index (χ3v) is 3.94. The Morgan fingerprint density at radius 3 is 2.72 bits per heavy atom. The largest absolute Gasteiger partial charge is 0.507 e. The molecule has 0 spiro atoms. The maximum Gasteiger partial charge on any atom is 0.258 e. The number of aromatic nitrogens is 2. The lowest BCUT2D eigenvalue weighted by Crippen LogP contribution is -2.24. The maximum absolute atomic E-state index is 13.7. The molecule has 0 bridgehead atoms. The molecule has 0 unspecified atom stereocenters. The molecule has 0 aliphatic carbocycles. The first-order valence-corrected chi connectivity index (χ1v) is 7.86. The number of aromatic hydroxyl groups is 1. The maximum atomic E-state index is 13.7. The number of hydrogen-bond acceptors (Lipinski definition) is 3. The van der Waals surface area contributed by atoms with Crippen LogP contribution >= 0.6 is 0 Å². The molecule has 0 fully saturated rings. The average Bonchev–Trinajstić information content (AvgIpc) is 2.98. The van der Waals surface area contributed by atoms with Crippen molar-refractivity contribution in [2.45, 2.75) is 20.0 Å². The van der Waals surface area contributed by atoms with Gasteiger partial charge in [0.15, 0.2) is 0 Å². The summed E-state index contributed by atoms with van der Waals surface area (Å²) >= 11 is 0. The summed E-state index contributed by atoms with van der Waals surface area (Å²) in [6.07, 6.45) is 3.66. The van der Waals surface area contributed by atoms with E-state index in [0.29, 0.717) is 6.54 Å². The van der Waals surface area contributed by atoms with Crippen LogP contribution in [0.3, 0.4) is 0 Å². The van der Waals surface area contributed by atoms with Gasteiger partial charge in [-0.1, -0.05) is 30.3 Å². The van der Waals surface area contributed by atoms with Gasteiger partial charge in [0.25, 0.3) is 5.91 Å². The van der Waals surface area contributed by atoms with Crippen LogP contribution in [0.2, 0.25) is 0 Å². The number of phenolic OH excluding ortho intramolecular Hbond substituents is 1. The first kappa shape index (κ1) is 16.7. The van der Waals surface area contributed by atoms with Crippen molar-refractivity contribution >= 4 is 5.91 Å². The molecule has 0 atom stereocenters. The van der Waals surface area contributed by atoms with E-state index >= 15 is 0 Å². The second-order valence-corrected chi connectivity index (χ2v) is 5.74. The minimum absolute atomic E-state index is 0.239. The summed E-state index contributed by atoms with van der Waals surface area (Å²) in [5.41, 5.74) is 1.62. The fourth-order valence-electron chi connectivity index (χ4n) is 2.61. The first-order chi connectivity index (χ1) is 12.0. The quantitative estimate of drug-likeness (QED) is 0.751. The molecule has 0 saturated heterocycles. The zero-order valence-corrected chi connectivity index (χ0v) is 13.7. The van der Waals surface area contributed by atoms with Crippen LogP contribution in [-0.2, 0) is 13.1 Å². The Labute approximate surface area is 144 Å². The van der Waals surface area contributed by atoms with Crippen LogP contribution in [0.5, 0.6) is 5.75 Å². The van der Waals surface area contributed by atoms with Crippen molar-refractivity contribution in [3.05, 3.63) is 83.2 Å². The van der Waals surface area contributed by atoms with E-state index in [9.17, 15) is 14.3 Å². The Bertz CT molecular complexity index is 885. The Morgan fingerprint density at radius 1 is 1.24 bits per heavy atom. The number of amides is 1. The minimum atomic E-state index is -0.748. The number of carbonyl (C=O) groups is 1. The summed E-state index contributed by atoms with van der Waals surface area (Å²) in [6, 6.07) is 11.5. The number of phenols is 1. The van der Waals surface area contributed by atoms with Crippen molar-refractivity contribution in [2.75, 3.05) is 0 Å². The molecule has 1 heterocycles. The molecule has 0 aliphatic rings. The third-order valence-electron chi connectivity index (χ3n) is 3.94. The van der Waals surface area contributed by atoms with Gasteiger partial charge in [-0.05, 0) is 30.2 Å². The number of nitrogens with one attached hydrogen (secondary N) is 1. The zero-order valence-electron chi connectivity index (χ0n) is 13.7. The predicted molar refractivity (Wildman–Crippen MR) is 91.7 cm³/mol. The standard InChI is InChI=1S/C19H18FN3O2/c1-13-21-8-9-23(13)12-15-5-2-4-14(10-15)11-22-19(25)18-16(20)6-3-7-17(18)24/h2-10,24H,11-12H2,1H3,(H,22,25). The predicted octanol–water partition coefficient (Wildman–Crippen LogP) is 3.01. The number of imidazole rings is 1. The third kappa shape index (κ3) is 3.85. The summed E-state index contributed by atoms with van der Waals surface area (Å²) < 4.78 is 15.7. The minimum Gasteiger partial charge on any atom is -0.507 e. The average molecular weight is 339 g/mol. The molecule has 2 aromatic carbocycles. The van der Waals surface area contributed by atoms with Gasteiger partial charge >= 0.3 is 0 Å². The second kappa shape index (κ2) is 7.17. The van der Waals surface area contributed by atoms with Gasteiger partial charge in [0.2, 0.25) is 0 Å². The Morgan fingerprint density at radius 2 is 2.00 bits per heavy atom. The van der Waals surface area contributed by atoms with Crippen molar-refractivity contribution in [1.82, 2.24) is 14.9 Å². The molecule has 0 saturated carbocycles. The lowest BCUT2D eigenvalue weighted by molar-refractivity contribution is 0.0944. The van der Waals surface area contributed by atoms with E-state index in [2.05, 4.69) is 10.3 Å². The van der Waals surface area contributed by atoms with E-state index in [1.165, 1.54) is 12.1 Å². The molecule has 2 N–H and O–H groups in total. The van der Waals surface area contributed by atoms with Crippen molar-refractivity contribution < 1.29 is 14.3 Å². The smallest absolute Gasteiger partial charge is 0.258 e. The highest BCUT2D eigenvalue weighted by Gasteiger charge is 2.16. The molecule has 0 aliphatic heterocycles. The van der Waals surface area contributed by atoms with Crippen LogP contribution in [0.1, 0.15) is 27.3 Å². The number of carbonyl (C=O) groups excluding carboxylic acids is 1. The van der Waals surface area contributed by atoms with Gasteiger partial charge in [0.05, 0.1) is 0 Å². The van der Waals surface area contributed by atoms with E-state index < -0.39 is 11.7 Å². The zero-order chi connectivity index (χ0) is 17.8. The van der Waals surface area contributed by atoms with Crippen LogP contribution in [0.4, 0.5) is 4.39 Å². The summed E-state index contributed by atoms with van der Waals surface area (Å²) in [5.74, 6) is -0.844. The van der Waals surface area contributed by atoms with Gasteiger partial charge in [-0.25, -0.2) is 9.37 Å². The fourth-order valence-corrected chi connectivity index (χ4v) is 2.61. The van der Waals surface area contributed by atoms with Gasteiger partial charge < -0.3 is 15.0 Å². The van der Waals surface area contributed by atoms with E-state index in [0.717, 1.165) is 23.0 Å². The van der Waals surface area contributed by atoms with E-state index in [-0.39, 0.29) is 17.9 Å². The molecule has 0 radical (unpaired) electrons. The van der Waals surface area contributed by atoms with Gasteiger partial charge in [-0.3, -0.25) is 4.79 Å². The second-order valence-electron chi connectivity index (χ2n) is 5.74. The molecular formula is C19H18FN3O2. The van der Waals surface area contributed by atoms with E-state index in [1.54, 1.807) is 6.20 Å². The van der Waals surface area contributed by atoms with Gasteiger partial charge in [0, 0.05) is 25.5 Å². The van der Waals surface area contributed by atoms with Crippen LogP contribution in [-0.4, -0.2) is 20.6 Å². The topological polar surface area (TPSA) is 67.2 Å². The van der Waals surface area contributed by atoms with Crippen LogP contribution < -0.4 is 5.32 Å². The number of benzene rings is 2. The lowest BCUT2D eigenvalue weighted by Gasteiger charge is -2.10. The van der Waals surface area contributed by atoms with Crippen LogP contribution in [0.25, 0.3) is 0 Å². The van der Waals surface area contributed by atoms with Crippen molar-refractivity contribution in [1.29, 1.82) is 0 Å². The molecule has 6 heteroatoms. The number of halogens is 1. The van der Waals surface area contributed by atoms with E-state index in [1.807, 2.05) is 42.0 Å². The summed E-state index contributed by atoms with van der Waals surface area (Å²) in [4.78, 5) is 16.3. The molecule has 3 rings (SSSR count). The Kier molecular flexibility index (Phi) is 4.79. The first-order valence-electron chi connectivity index (χ1n) is 7.86. The SMILES string of the molecule is Cc1nccn1Cc1cccc(CNC(=O)c2c(O)cccc2F)c1. The lowest BCUT2D eigenvalue weighted by atomic mass is 10.1. The molecule has 1 amide bonds. The Hall–Kier alpha value is -3.15. The van der Waals surface area contributed by atoms with Crippen LogP contribution in [0.15, 0.2) is 54.9 Å². The van der Waals surface area contributed by atoms with Crippen LogP contribution in [0, 0.1) is 12.7 Å². The van der Waals surface area contributed by atoms with Gasteiger partial charge in [0.1, 0.15) is 23.0 Å².